The molecule has 0 fully saturated rings. The van der Waals surface area contributed by atoms with Crippen molar-refractivity contribution in [2.24, 2.45) is 0 Å². The van der Waals surface area contributed by atoms with E-state index in [0.717, 1.165) is 29.7 Å². The Labute approximate surface area is 139 Å². The molecule has 24 heavy (non-hydrogen) atoms. The minimum absolute atomic E-state index is 0.192. The summed E-state index contributed by atoms with van der Waals surface area (Å²) in [5.41, 5.74) is 4.72. The molecule has 3 N–H and O–H groups in total. The first-order valence-corrected chi connectivity index (χ1v) is 7.96. The molecule has 6 nitrogen and oxygen atoms in total. The van der Waals surface area contributed by atoms with E-state index < -0.39 is 0 Å². The monoisotopic (exact) mass is 324 g/mol. The second-order valence-corrected chi connectivity index (χ2v) is 5.89. The van der Waals surface area contributed by atoms with E-state index in [1.165, 1.54) is 29.5 Å². The Morgan fingerprint density at radius 3 is 2.79 bits per heavy atom. The lowest BCUT2D eigenvalue weighted by atomic mass is 10.1. The third-order valence-corrected chi connectivity index (χ3v) is 4.15. The van der Waals surface area contributed by atoms with Crippen molar-refractivity contribution in [3.05, 3.63) is 63.3 Å². The Bertz CT molecular complexity index is 919. The maximum atomic E-state index is 11.9. The third kappa shape index (κ3) is 3.37. The summed E-state index contributed by atoms with van der Waals surface area (Å²) in [7, 11) is 0. The van der Waals surface area contributed by atoms with E-state index in [4.69, 9.17) is 0 Å². The van der Waals surface area contributed by atoms with Crippen molar-refractivity contribution in [2.45, 2.75) is 26.7 Å². The van der Waals surface area contributed by atoms with Gasteiger partial charge < -0.3 is 15.3 Å². The van der Waals surface area contributed by atoms with Crippen LogP contribution in [0.4, 0.5) is 0 Å². The Balaban J connectivity index is 1.55. The largest absolute Gasteiger partial charge is 0.352 e. The van der Waals surface area contributed by atoms with E-state index in [0.29, 0.717) is 12.1 Å². The van der Waals surface area contributed by atoms with Crippen LogP contribution in [0.15, 0.2) is 35.3 Å². The minimum atomic E-state index is -0.220. The standard InChI is InChI=1S/C18H20N4O2/c1-11-5-7-14-17(12(11)2)22-15(21-14)4-3-9-19-18(24)13-6-8-16(23)20-10-13/h5-8,10H,3-4,9H2,1-2H3,(H,19,24)(H,20,23)(H,21,22). The highest BCUT2D eigenvalue weighted by molar-refractivity contribution is 5.93. The molecule has 0 saturated heterocycles. The number of H-pyrrole nitrogens is 2. The normalized spacial score (nSPS) is 10.9. The molecular formula is C18H20N4O2. The number of hydrogen-bond donors (Lipinski definition) is 3. The fourth-order valence-electron chi connectivity index (χ4n) is 2.59. The van der Waals surface area contributed by atoms with Crippen molar-refractivity contribution in [1.82, 2.24) is 20.3 Å². The van der Waals surface area contributed by atoms with E-state index in [-0.39, 0.29) is 11.5 Å². The molecule has 0 aliphatic rings. The van der Waals surface area contributed by atoms with E-state index in [1.54, 1.807) is 0 Å². The van der Waals surface area contributed by atoms with Crippen LogP contribution < -0.4 is 10.9 Å². The van der Waals surface area contributed by atoms with Gasteiger partial charge in [0.15, 0.2) is 0 Å². The van der Waals surface area contributed by atoms with Crippen LogP contribution in [0.3, 0.4) is 0 Å². The summed E-state index contributed by atoms with van der Waals surface area (Å²) in [4.78, 5) is 33.4. The number of carbonyl (C=O) groups excluding carboxylic acids is 1. The summed E-state index contributed by atoms with van der Waals surface area (Å²) in [6.07, 6.45) is 2.97. The summed E-state index contributed by atoms with van der Waals surface area (Å²) in [5, 5.41) is 2.84. The number of aryl methyl sites for hydroxylation is 3. The first-order chi connectivity index (χ1) is 11.5. The number of hydrogen-bond acceptors (Lipinski definition) is 3. The first kappa shape index (κ1) is 16.0. The minimum Gasteiger partial charge on any atom is -0.352 e. The van der Waals surface area contributed by atoms with E-state index in [2.05, 4.69) is 40.2 Å². The number of aromatic amines is 2. The average molecular weight is 324 g/mol. The van der Waals surface area contributed by atoms with Crippen molar-refractivity contribution in [1.29, 1.82) is 0 Å². The zero-order valence-corrected chi connectivity index (χ0v) is 13.8. The van der Waals surface area contributed by atoms with Crippen LogP contribution in [-0.4, -0.2) is 27.4 Å². The molecule has 1 aromatic carbocycles. The highest BCUT2D eigenvalue weighted by Gasteiger charge is 2.08. The predicted molar refractivity (Wildman–Crippen MR) is 93.3 cm³/mol. The van der Waals surface area contributed by atoms with Gasteiger partial charge in [-0.15, -0.1) is 0 Å². The number of rotatable bonds is 5. The lowest BCUT2D eigenvalue weighted by molar-refractivity contribution is 0.0952. The SMILES string of the molecule is Cc1ccc2[nH]c(CCCNC(=O)c3ccc(=O)[nH]c3)nc2c1C. The van der Waals surface area contributed by atoms with Gasteiger partial charge in [0.25, 0.3) is 5.91 Å². The van der Waals surface area contributed by atoms with E-state index >= 15 is 0 Å². The molecular weight excluding hydrogens is 304 g/mol. The number of imidazole rings is 1. The van der Waals surface area contributed by atoms with Crippen molar-refractivity contribution >= 4 is 16.9 Å². The van der Waals surface area contributed by atoms with Crippen LogP contribution in [0.5, 0.6) is 0 Å². The molecule has 0 aliphatic carbocycles. The van der Waals surface area contributed by atoms with Gasteiger partial charge >= 0.3 is 0 Å². The molecule has 2 heterocycles. The van der Waals surface area contributed by atoms with Crippen LogP contribution in [0, 0.1) is 13.8 Å². The molecule has 0 radical (unpaired) electrons. The first-order valence-electron chi connectivity index (χ1n) is 7.96. The number of amides is 1. The van der Waals surface area contributed by atoms with Gasteiger partial charge in [-0.3, -0.25) is 9.59 Å². The van der Waals surface area contributed by atoms with E-state index in [1.807, 2.05) is 6.07 Å². The second-order valence-electron chi connectivity index (χ2n) is 5.89. The Kier molecular flexibility index (Phi) is 4.46. The number of pyridine rings is 1. The highest BCUT2D eigenvalue weighted by Crippen LogP contribution is 2.19. The molecule has 6 heteroatoms. The topological polar surface area (TPSA) is 90.6 Å². The average Bonchev–Trinajstić information content (AvgIpc) is 2.99. The van der Waals surface area contributed by atoms with Crippen molar-refractivity contribution in [3.8, 4) is 0 Å². The maximum absolute atomic E-state index is 11.9. The van der Waals surface area contributed by atoms with Gasteiger partial charge in [-0.2, -0.15) is 0 Å². The van der Waals surface area contributed by atoms with Crippen LogP contribution in [-0.2, 0) is 6.42 Å². The van der Waals surface area contributed by atoms with Gasteiger partial charge in [-0.25, -0.2) is 4.98 Å². The van der Waals surface area contributed by atoms with Crippen molar-refractivity contribution in [2.75, 3.05) is 6.54 Å². The number of fused-ring (bicyclic) bond motifs is 1. The number of carbonyl (C=O) groups is 1. The number of nitrogens with one attached hydrogen (secondary N) is 3. The molecule has 3 rings (SSSR count). The number of aromatic nitrogens is 3. The van der Waals surface area contributed by atoms with Crippen LogP contribution in [0.25, 0.3) is 11.0 Å². The molecule has 0 aliphatic heterocycles. The zero-order chi connectivity index (χ0) is 17.1. The highest BCUT2D eigenvalue weighted by atomic mass is 16.1. The van der Waals surface area contributed by atoms with Gasteiger partial charge in [0.1, 0.15) is 5.82 Å². The molecule has 0 saturated carbocycles. The molecule has 0 atom stereocenters. The molecule has 1 amide bonds. The summed E-state index contributed by atoms with van der Waals surface area (Å²) < 4.78 is 0. The van der Waals surface area contributed by atoms with Gasteiger partial charge in [0.2, 0.25) is 5.56 Å². The lowest BCUT2D eigenvalue weighted by Crippen LogP contribution is -2.25. The van der Waals surface area contributed by atoms with Crippen LogP contribution in [0.1, 0.15) is 33.7 Å². The van der Waals surface area contributed by atoms with Gasteiger partial charge in [0.05, 0.1) is 16.6 Å². The summed E-state index contributed by atoms with van der Waals surface area (Å²) in [5.74, 6) is 0.735. The molecule has 2 aromatic heterocycles. The second kappa shape index (κ2) is 6.70. The quantitative estimate of drug-likeness (QED) is 0.629. The molecule has 0 bridgehead atoms. The lowest BCUT2D eigenvalue weighted by Gasteiger charge is -2.03. The molecule has 124 valence electrons. The predicted octanol–water partition coefficient (Wildman–Crippen LogP) is 2.23. The van der Waals surface area contributed by atoms with Crippen LogP contribution >= 0.6 is 0 Å². The Hall–Kier alpha value is -2.89. The van der Waals surface area contributed by atoms with E-state index in [9.17, 15) is 9.59 Å². The Morgan fingerprint density at radius 2 is 2.04 bits per heavy atom. The van der Waals surface area contributed by atoms with Gasteiger partial charge in [0, 0.05) is 25.2 Å². The zero-order valence-electron chi connectivity index (χ0n) is 13.8. The Morgan fingerprint density at radius 1 is 1.21 bits per heavy atom. The number of nitrogens with zero attached hydrogens (tertiary/aromatic N) is 1. The summed E-state index contributed by atoms with van der Waals surface area (Å²) in [6, 6.07) is 6.99. The summed E-state index contributed by atoms with van der Waals surface area (Å²) in [6.45, 7) is 4.70. The van der Waals surface area contributed by atoms with Crippen molar-refractivity contribution < 1.29 is 4.79 Å². The smallest absolute Gasteiger partial charge is 0.252 e. The van der Waals surface area contributed by atoms with Crippen molar-refractivity contribution in [3.63, 3.8) is 0 Å². The summed E-state index contributed by atoms with van der Waals surface area (Å²) >= 11 is 0. The molecule has 0 spiro atoms. The molecule has 3 aromatic rings. The molecule has 0 unspecified atom stereocenters. The van der Waals surface area contributed by atoms with Crippen LogP contribution in [0.2, 0.25) is 0 Å². The number of benzene rings is 1. The van der Waals surface area contributed by atoms with Gasteiger partial charge in [-0.05, 0) is 43.5 Å². The third-order valence-electron chi connectivity index (χ3n) is 4.15. The fraction of sp³-hybridized carbons (Fsp3) is 0.278. The van der Waals surface area contributed by atoms with Gasteiger partial charge in [-0.1, -0.05) is 6.07 Å². The maximum Gasteiger partial charge on any atom is 0.252 e. The fourth-order valence-corrected chi connectivity index (χ4v) is 2.59.